The zero-order valence-electron chi connectivity index (χ0n) is 28.4. The molecule has 0 saturated heterocycles. The van der Waals surface area contributed by atoms with Gasteiger partial charge >= 0.3 is 11.9 Å². The van der Waals surface area contributed by atoms with Gasteiger partial charge in [-0.1, -0.05) is 11.6 Å². The van der Waals surface area contributed by atoms with Gasteiger partial charge in [0.05, 0.1) is 39.8 Å². The molecule has 0 atom stereocenters. The number of hydrogen-bond donors (Lipinski definition) is 8. The first-order valence-electron chi connectivity index (χ1n) is 15.1. The standard InChI is InChI=1S/C18H18ClFN2O5.2C8H10N4O/c1-21-14-5-9(13(20)7-11(14)18(25)26)3-4-27-16-8-15(22-2)10(17(23)24)6-12(16)19;2*9-7(5-13)1-2-8(10)12-4-3-11-6-12/h5-8,21-22H,3-4H2,1-2H3,(H,23,24)(H,25,26);2*1-6H,9-10H2/b;2*7-1-,8-2+. The average molecular weight is 753 g/mol. The summed E-state index contributed by atoms with van der Waals surface area (Å²) < 4.78 is 22.9. The number of carbonyl (C=O) groups excluding carboxylic acids is 2. The van der Waals surface area contributed by atoms with E-state index in [-0.39, 0.29) is 51.9 Å². The highest BCUT2D eigenvalue weighted by Gasteiger charge is 2.16. The number of allylic oxidation sites excluding steroid dienone is 6. The summed E-state index contributed by atoms with van der Waals surface area (Å²) >= 11 is 6.05. The van der Waals surface area contributed by atoms with Crippen molar-refractivity contribution in [2.75, 3.05) is 31.3 Å². The number of ether oxygens (including phenoxy) is 1. The Morgan fingerprint density at radius 1 is 0.811 bits per heavy atom. The van der Waals surface area contributed by atoms with Crippen LogP contribution < -0.4 is 38.3 Å². The minimum absolute atomic E-state index is 0.00353. The molecule has 2 aromatic carbocycles. The summed E-state index contributed by atoms with van der Waals surface area (Å²) in [6, 6.07) is 5.09. The van der Waals surface area contributed by atoms with Crippen LogP contribution in [0.3, 0.4) is 0 Å². The highest BCUT2D eigenvalue weighted by Crippen LogP contribution is 2.31. The van der Waals surface area contributed by atoms with Crippen molar-refractivity contribution >= 4 is 59.1 Å². The van der Waals surface area contributed by atoms with E-state index >= 15 is 0 Å². The van der Waals surface area contributed by atoms with Gasteiger partial charge in [-0.25, -0.2) is 23.9 Å². The van der Waals surface area contributed by atoms with Crippen LogP contribution in [-0.2, 0) is 16.0 Å². The van der Waals surface area contributed by atoms with Crippen molar-refractivity contribution in [3.63, 3.8) is 0 Å². The lowest BCUT2D eigenvalue weighted by molar-refractivity contribution is -0.105. The summed E-state index contributed by atoms with van der Waals surface area (Å²) in [7, 11) is 3.11. The number of nitrogens with one attached hydrogen (secondary N) is 2. The monoisotopic (exact) mass is 752 g/mol. The van der Waals surface area contributed by atoms with Crippen LogP contribution in [0.5, 0.6) is 5.75 Å². The lowest BCUT2D eigenvalue weighted by Crippen LogP contribution is -2.09. The molecule has 0 aliphatic heterocycles. The molecule has 12 N–H and O–H groups in total. The van der Waals surface area contributed by atoms with E-state index in [4.69, 9.17) is 49.5 Å². The maximum Gasteiger partial charge on any atom is 0.337 e. The van der Waals surface area contributed by atoms with E-state index in [0.717, 1.165) is 6.07 Å². The first-order chi connectivity index (χ1) is 25.3. The van der Waals surface area contributed by atoms with Crippen LogP contribution in [0.4, 0.5) is 15.8 Å². The number of nitrogens with two attached hydrogens (primary N) is 4. The Bertz CT molecular complexity index is 1850. The number of aldehydes is 2. The Morgan fingerprint density at radius 2 is 1.28 bits per heavy atom. The fraction of sp³-hybridized carbons (Fsp3) is 0.118. The summed E-state index contributed by atoms with van der Waals surface area (Å²) in [5, 5.41) is 23.8. The second kappa shape index (κ2) is 21.2. The highest BCUT2D eigenvalue weighted by molar-refractivity contribution is 6.32. The summed E-state index contributed by atoms with van der Waals surface area (Å²) in [6.45, 7) is 0.0573. The van der Waals surface area contributed by atoms with Crippen LogP contribution in [0.2, 0.25) is 5.02 Å². The Kier molecular flexibility index (Phi) is 16.8. The van der Waals surface area contributed by atoms with E-state index in [0.29, 0.717) is 35.6 Å². The maximum absolute atomic E-state index is 14.1. The molecule has 2 heterocycles. The van der Waals surface area contributed by atoms with E-state index < -0.39 is 17.8 Å². The lowest BCUT2D eigenvalue weighted by atomic mass is 10.1. The number of aromatic carboxylic acids is 2. The summed E-state index contributed by atoms with van der Waals surface area (Å²) in [4.78, 5) is 50.2. The van der Waals surface area contributed by atoms with Gasteiger partial charge in [0.15, 0.2) is 12.6 Å². The molecule has 4 aromatic rings. The maximum atomic E-state index is 14.1. The first-order valence-corrected chi connectivity index (χ1v) is 15.5. The molecular weight excluding hydrogens is 715 g/mol. The number of anilines is 2. The molecule has 0 saturated carbocycles. The van der Waals surface area contributed by atoms with E-state index in [2.05, 4.69) is 20.6 Å². The van der Waals surface area contributed by atoms with Crippen molar-refractivity contribution in [1.29, 1.82) is 0 Å². The van der Waals surface area contributed by atoms with Gasteiger partial charge in [-0.3, -0.25) is 18.7 Å². The molecule has 0 aliphatic rings. The van der Waals surface area contributed by atoms with Crippen molar-refractivity contribution in [2.45, 2.75) is 6.42 Å². The van der Waals surface area contributed by atoms with Crippen LogP contribution in [0.15, 0.2) is 97.4 Å². The van der Waals surface area contributed by atoms with Gasteiger partial charge in [0.2, 0.25) is 0 Å². The molecule has 0 fully saturated rings. The molecule has 280 valence electrons. The number of nitrogens with zero attached hydrogens (tertiary/aromatic N) is 4. The third kappa shape index (κ3) is 13.3. The molecule has 0 aliphatic carbocycles. The van der Waals surface area contributed by atoms with E-state index in [1.54, 1.807) is 60.7 Å². The van der Waals surface area contributed by atoms with Crippen LogP contribution in [0.1, 0.15) is 26.3 Å². The van der Waals surface area contributed by atoms with Crippen molar-refractivity contribution in [3.05, 3.63) is 125 Å². The van der Waals surface area contributed by atoms with Gasteiger partial charge in [0.1, 0.15) is 35.9 Å². The molecule has 17 nitrogen and oxygen atoms in total. The number of halogens is 2. The van der Waals surface area contributed by atoms with Gasteiger partial charge in [-0.2, -0.15) is 0 Å². The average Bonchev–Trinajstić information content (AvgIpc) is 3.90. The number of carboxylic acid groups (broad SMARTS) is 2. The van der Waals surface area contributed by atoms with Gasteiger partial charge in [-0.15, -0.1) is 0 Å². The number of hydrogen-bond acceptors (Lipinski definition) is 13. The van der Waals surface area contributed by atoms with E-state index in [9.17, 15) is 23.6 Å². The number of carbonyl (C=O) groups is 4. The Hall–Kier alpha value is -7.08. The molecule has 0 spiro atoms. The zero-order chi connectivity index (χ0) is 39.5. The quantitative estimate of drug-likeness (QED) is 0.0522. The van der Waals surface area contributed by atoms with E-state index in [1.807, 2.05) is 0 Å². The van der Waals surface area contributed by atoms with Crippen LogP contribution >= 0.6 is 11.6 Å². The number of carboxylic acids is 2. The fourth-order valence-corrected chi connectivity index (χ4v) is 4.17. The number of aromatic nitrogens is 4. The first kappa shape index (κ1) is 42.1. The molecule has 0 amide bonds. The topological polar surface area (TPSA) is 282 Å². The second-order valence-electron chi connectivity index (χ2n) is 10.2. The number of imidazole rings is 2. The Morgan fingerprint density at radius 3 is 1.70 bits per heavy atom. The SMILES string of the molecule is CNc1cc(CCOc2cc(NC)c(C(=O)O)cc2Cl)c(F)cc1C(=O)O.N/C(C=O)=C\C=C(/N)n1ccnc1.N/C(C=O)=C\C=C(/N)n1ccnc1. The van der Waals surface area contributed by atoms with Gasteiger partial charge in [0.25, 0.3) is 0 Å². The number of benzene rings is 2. The van der Waals surface area contributed by atoms with Crippen molar-refractivity contribution < 1.29 is 38.5 Å². The minimum Gasteiger partial charge on any atom is -0.492 e. The normalized spacial score (nSPS) is 11.6. The largest absolute Gasteiger partial charge is 0.492 e. The van der Waals surface area contributed by atoms with Gasteiger partial charge in [-0.05, 0) is 48.1 Å². The predicted octanol–water partition coefficient (Wildman–Crippen LogP) is 2.94. The number of rotatable bonds is 14. The second-order valence-corrected chi connectivity index (χ2v) is 10.6. The molecule has 4 rings (SSSR count). The molecular formula is C34H38ClFN10O7. The highest BCUT2D eigenvalue weighted by atomic mass is 35.5. The van der Waals surface area contributed by atoms with Crippen LogP contribution in [0, 0.1) is 5.82 Å². The molecule has 19 heteroatoms. The molecule has 2 aromatic heterocycles. The fourth-order valence-electron chi connectivity index (χ4n) is 3.95. The molecule has 53 heavy (non-hydrogen) atoms. The third-order valence-corrected chi connectivity index (χ3v) is 6.95. The van der Waals surface area contributed by atoms with Crippen molar-refractivity contribution in [3.8, 4) is 5.75 Å². The summed E-state index contributed by atoms with van der Waals surface area (Å²) in [6.07, 6.45) is 16.9. The minimum atomic E-state index is -1.23. The lowest BCUT2D eigenvalue weighted by Gasteiger charge is -2.13. The Labute approximate surface area is 307 Å². The smallest absolute Gasteiger partial charge is 0.337 e. The molecule has 0 bridgehead atoms. The van der Waals surface area contributed by atoms with Crippen molar-refractivity contribution in [1.82, 2.24) is 19.1 Å². The summed E-state index contributed by atoms with van der Waals surface area (Å²) in [5.74, 6) is -1.87. The van der Waals surface area contributed by atoms with Gasteiger partial charge in [0, 0.05) is 57.1 Å². The third-order valence-electron chi connectivity index (χ3n) is 6.66. The van der Waals surface area contributed by atoms with Crippen molar-refractivity contribution in [2.24, 2.45) is 22.9 Å². The zero-order valence-corrected chi connectivity index (χ0v) is 29.2. The van der Waals surface area contributed by atoms with E-state index in [1.165, 1.54) is 42.5 Å². The molecule has 0 radical (unpaired) electrons. The Balaban J connectivity index is 0.000000311. The van der Waals surface area contributed by atoms with Crippen LogP contribution in [-0.4, -0.2) is 74.5 Å². The molecule has 0 unspecified atom stereocenters. The van der Waals surface area contributed by atoms with Crippen LogP contribution in [0.25, 0.3) is 11.6 Å². The predicted molar refractivity (Wildman–Crippen MR) is 198 cm³/mol. The summed E-state index contributed by atoms with van der Waals surface area (Å²) in [5.41, 5.74) is 22.7. The van der Waals surface area contributed by atoms with Gasteiger partial charge < -0.3 is 48.5 Å².